The molecule has 0 bridgehead atoms. The van der Waals surface area contributed by atoms with Gasteiger partial charge in [-0.05, 0) is 0 Å². The molecule has 3 rings (SSSR count). The Kier molecular flexibility index (Phi) is 4.14. The number of rotatable bonds is 2. The van der Waals surface area contributed by atoms with Gasteiger partial charge in [0, 0.05) is 21.5 Å². The van der Waals surface area contributed by atoms with Crippen LogP contribution in [0.15, 0.2) is 48.5 Å². The average Bonchev–Trinajstić information content (AvgIpc) is 2.44. The van der Waals surface area contributed by atoms with E-state index < -0.39 is 0 Å². The Morgan fingerprint density at radius 3 is 1.05 bits per heavy atom. The first-order valence-electron chi connectivity index (χ1n) is 5.88. The van der Waals surface area contributed by atoms with Crippen molar-refractivity contribution in [1.82, 2.24) is 0 Å². The Labute approximate surface area is 129 Å². The van der Waals surface area contributed by atoms with Gasteiger partial charge in [0.15, 0.2) is 0 Å². The molecule has 0 N–H and O–H groups in total. The second kappa shape index (κ2) is 5.65. The van der Waals surface area contributed by atoms with Crippen molar-refractivity contribution in [2.75, 3.05) is 14.2 Å². The number of methoxy groups -OCH3 is 2. The molecule has 0 aliphatic heterocycles. The van der Waals surface area contributed by atoms with Crippen LogP contribution < -0.4 is 9.47 Å². The first-order valence-corrected chi connectivity index (χ1v) is 5.88. The molecule has 98 valence electrons. The smallest absolute Gasteiger partial charge is 0.134 e. The summed E-state index contributed by atoms with van der Waals surface area (Å²) in [4.78, 5) is 0. The minimum absolute atomic E-state index is 0. The predicted octanol–water partition coefficient (Wildman–Crippen LogP) is 4.63. The van der Waals surface area contributed by atoms with E-state index in [9.17, 15) is 0 Å². The molecule has 0 fully saturated rings. The lowest BCUT2D eigenvalue weighted by atomic mass is 10.0. The second-order valence-corrected chi connectivity index (χ2v) is 4.16. The summed E-state index contributed by atoms with van der Waals surface area (Å²) < 4.78 is 11.2. The van der Waals surface area contributed by atoms with Crippen molar-refractivity contribution >= 4 is 45.5 Å². The summed E-state index contributed by atoms with van der Waals surface area (Å²) in [6.07, 6.45) is 0. The minimum atomic E-state index is 0. The predicted molar refractivity (Wildman–Crippen MR) is 90.0 cm³/mol. The Balaban J connectivity index is 0.00000133. The molecule has 0 unspecified atom stereocenters. The summed E-state index contributed by atoms with van der Waals surface area (Å²) in [5.41, 5.74) is 0. The Bertz CT molecular complexity index is 603. The van der Waals surface area contributed by atoms with Crippen molar-refractivity contribution in [3.05, 3.63) is 48.5 Å². The van der Waals surface area contributed by atoms with Crippen molar-refractivity contribution < 1.29 is 9.47 Å². The molecular weight excluding hydrogens is 351 g/mol. The van der Waals surface area contributed by atoms with Crippen LogP contribution in [0.1, 0.15) is 0 Å². The zero-order chi connectivity index (χ0) is 12.5. The van der Waals surface area contributed by atoms with Crippen LogP contribution >= 0.6 is 24.0 Å². The molecule has 2 nitrogen and oxygen atoms in total. The third-order valence-corrected chi connectivity index (χ3v) is 3.24. The van der Waals surface area contributed by atoms with Crippen LogP contribution in [-0.4, -0.2) is 14.2 Å². The SMILES string of the molecule is COc1c2ccccc2c(OC)c2ccccc12.I. The molecular formula is C16H15IO2. The molecule has 0 saturated carbocycles. The fourth-order valence-electron chi connectivity index (χ4n) is 2.49. The summed E-state index contributed by atoms with van der Waals surface area (Å²) >= 11 is 0. The largest absolute Gasteiger partial charge is 0.495 e. The molecule has 0 aliphatic carbocycles. The highest BCUT2D eigenvalue weighted by atomic mass is 127. The number of hydrogen-bond donors (Lipinski definition) is 0. The monoisotopic (exact) mass is 366 g/mol. The lowest BCUT2D eigenvalue weighted by Crippen LogP contribution is -1.92. The Hall–Kier alpha value is -1.49. The summed E-state index contributed by atoms with van der Waals surface area (Å²) in [6, 6.07) is 16.3. The topological polar surface area (TPSA) is 18.5 Å². The molecule has 3 aromatic carbocycles. The van der Waals surface area contributed by atoms with Crippen molar-refractivity contribution in [3.63, 3.8) is 0 Å². The molecule has 0 saturated heterocycles. The maximum absolute atomic E-state index is 5.58. The lowest BCUT2D eigenvalue weighted by molar-refractivity contribution is 0.417. The van der Waals surface area contributed by atoms with E-state index >= 15 is 0 Å². The van der Waals surface area contributed by atoms with Crippen LogP contribution in [0.25, 0.3) is 21.5 Å². The van der Waals surface area contributed by atoms with Gasteiger partial charge >= 0.3 is 0 Å². The van der Waals surface area contributed by atoms with Crippen LogP contribution in [0.4, 0.5) is 0 Å². The molecule has 0 amide bonds. The van der Waals surface area contributed by atoms with Crippen molar-refractivity contribution in [1.29, 1.82) is 0 Å². The van der Waals surface area contributed by atoms with E-state index in [1.165, 1.54) is 0 Å². The van der Waals surface area contributed by atoms with Gasteiger partial charge in [0.25, 0.3) is 0 Å². The number of ether oxygens (including phenoxy) is 2. The first-order chi connectivity index (χ1) is 8.86. The molecule has 0 heterocycles. The van der Waals surface area contributed by atoms with Crippen molar-refractivity contribution in [2.45, 2.75) is 0 Å². The van der Waals surface area contributed by atoms with Gasteiger partial charge in [0.2, 0.25) is 0 Å². The highest BCUT2D eigenvalue weighted by Gasteiger charge is 2.13. The van der Waals surface area contributed by atoms with E-state index in [0.29, 0.717) is 0 Å². The van der Waals surface area contributed by atoms with E-state index in [0.717, 1.165) is 33.0 Å². The van der Waals surface area contributed by atoms with E-state index in [2.05, 4.69) is 24.3 Å². The third-order valence-electron chi connectivity index (χ3n) is 3.24. The normalized spacial score (nSPS) is 10.2. The minimum Gasteiger partial charge on any atom is -0.495 e. The first kappa shape index (κ1) is 13.9. The van der Waals surface area contributed by atoms with Gasteiger partial charge in [0.1, 0.15) is 11.5 Å². The summed E-state index contributed by atoms with van der Waals surface area (Å²) in [6.45, 7) is 0. The second-order valence-electron chi connectivity index (χ2n) is 4.16. The number of hydrogen-bond acceptors (Lipinski definition) is 2. The highest BCUT2D eigenvalue weighted by Crippen LogP contribution is 2.41. The Morgan fingerprint density at radius 2 is 0.842 bits per heavy atom. The average molecular weight is 366 g/mol. The summed E-state index contributed by atoms with van der Waals surface area (Å²) in [5, 5.41) is 4.32. The van der Waals surface area contributed by atoms with Gasteiger partial charge in [-0.3, -0.25) is 0 Å². The van der Waals surface area contributed by atoms with E-state index in [1.807, 2.05) is 24.3 Å². The van der Waals surface area contributed by atoms with Gasteiger partial charge < -0.3 is 9.47 Å². The van der Waals surface area contributed by atoms with Gasteiger partial charge in [-0.25, -0.2) is 0 Å². The fourth-order valence-corrected chi connectivity index (χ4v) is 2.49. The molecule has 19 heavy (non-hydrogen) atoms. The number of halogens is 1. The van der Waals surface area contributed by atoms with Gasteiger partial charge in [-0.1, -0.05) is 48.5 Å². The quantitative estimate of drug-likeness (QED) is 0.487. The van der Waals surface area contributed by atoms with Gasteiger partial charge in [-0.2, -0.15) is 0 Å². The van der Waals surface area contributed by atoms with E-state index in [1.54, 1.807) is 14.2 Å². The Morgan fingerprint density at radius 1 is 0.579 bits per heavy atom. The molecule has 0 radical (unpaired) electrons. The van der Waals surface area contributed by atoms with Crippen LogP contribution in [0.2, 0.25) is 0 Å². The van der Waals surface area contributed by atoms with E-state index in [-0.39, 0.29) is 24.0 Å². The molecule has 3 heteroatoms. The molecule has 3 aromatic rings. The summed E-state index contributed by atoms with van der Waals surface area (Å²) in [7, 11) is 3.42. The van der Waals surface area contributed by atoms with Crippen LogP contribution in [-0.2, 0) is 0 Å². The van der Waals surface area contributed by atoms with Crippen molar-refractivity contribution in [2.24, 2.45) is 0 Å². The maximum atomic E-state index is 5.58. The zero-order valence-electron chi connectivity index (χ0n) is 10.8. The molecule has 0 spiro atoms. The number of fused-ring (bicyclic) bond motifs is 2. The lowest BCUT2D eigenvalue weighted by Gasteiger charge is -2.14. The number of benzene rings is 3. The van der Waals surface area contributed by atoms with Gasteiger partial charge in [0.05, 0.1) is 14.2 Å². The van der Waals surface area contributed by atoms with E-state index in [4.69, 9.17) is 9.47 Å². The molecule has 0 aromatic heterocycles. The fraction of sp³-hybridized carbons (Fsp3) is 0.125. The van der Waals surface area contributed by atoms with Gasteiger partial charge in [-0.15, -0.1) is 24.0 Å². The molecule has 0 atom stereocenters. The third kappa shape index (κ3) is 2.12. The van der Waals surface area contributed by atoms with Crippen LogP contribution in [0.3, 0.4) is 0 Å². The van der Waals surface area contributed by atoms with Crippen molar-refractivity contribution in [3.8, 4) is 11.5 Å². The summed E-state index contributed by atoms with van der Waals surface area (Å²) in [5.74, 6) is 1.81. The maximum Gasteiger partial charge on any atom is 0.134 e. The van der Waals surface area contributed by atoms with Crippen LogP contribution in [0, 0.1) is 0 Å². The molecule has 0 aliphatic rings. The highest BCUT2D eigenvalue weighted by molar-refractivity contribution is 14.0. The van der Waals surface area contributed by atoms with Crippen LogP contribution in [0.5, 0.6) is 11.5 Å². The zero-order valence-corrected chi connectivity index (χ0v) is 13.2. The standard InChI is InChI=1S/C16H14O2.HI/c1-17-15-11-7-3-5-9-13(11)16(18-2)14-10-6-4-8-12(14)15;/h3-10H,1-2H3;1H.